The maximum Gasteiger partial charge on any atom is 0.408 e. The number of allylic oxidation sites excluding steroid dienone is 2. The molecule has 1 aromatic rings. The van der Waals surface area contributed by atoms with Crippen LogP contribution in [0.4, 0.5) is 9.18 Å². The number of benzene rings is 1. The number of hydrogen-bond acceptors (Lipinski definition) is 3. The number of carboxylic acid groups (broad SMARTS) is 1. The molecule has 1 amide bonds. The number of carboxylic acids is 1. The van der Waals surface area contributed by atoms with Gasteiger partial charge in [0, 0.05) is 5.54 Å². The van der Waals surface area contributed by atoms with E-state index in [9.17, 15) is 19.1 Å². The zero-order valence-electron chi connectivity index (χ0n) is 28.2. The fourth-order valence-corrected chi connectivity index (χ4v) is 12.2. The van der Waals surface area contributed by atoms with E-state index in [2.05, 4.69) is 46.0 Å². The molecule has 242 valence electrons. The van der Waals surface area contributed by atoms with Crippen LogP contribution in [0, 0.1) is 51.1 Å². The third-order valence-electron chi connectivity index (χ3n) is 14.2. The van der Waals surface area contributed by atoms with Gasteiger partial charge in [0.15, 0.2) is 0 Å². The predicted octanol–water partition coefficient (Wildman–Crippen LogP) is 9.65. The predicted molar refractivity (Wildman–Crippen MR) is 172 cm³/mol. The summed E-state index contributed by atoms with van der Waals surface area (Å²) in [7, 11) is 0. The van der Waals surface area contributed by atoms with Crippen LogP contribution in [0.2, 0.25) is 0 Å². The SMILES string of the molecule is CC(C)(C)OC(=O)N[C@]12CCC[C@@H]1[C@H]1CCC3[C@@]4(C)CC=C(c5ccc(C(=O)O)c(F)c5)C(C)(C)C4CC[C@@]3(C)[C@]1(C)CC2. The second kappa shape index (κ2) is 10.1. The van der Waals surface area contributed by atoms with Gasteiger partial charge in [-0.2, -0.15) is 0 Å². The van der Waals surface area contributed by atoms with E-state index in [0.717, 1.165) is 43.2 Å². The van der Waals surface area contributed by atoms with E-state index in [1.807, 2.05) is 20.8 Å². The van der Waals surface area contributed by atoms with E-state index in [4.69, 9.17) is 4.74 Å². The van der Waals surface area contributed by atoms with Crippen molar-refractivity contribution in [1.82, 2.24) is 5.32 Å². The summed E-state index contributed by atoms with van der Waals surface area (Å²) in [5, 5.41) is 12.8. The summed E-state index contributed by atoms with van der Waals surface area (Å²) in [6.07, 6.45) is 13.4. The summed E-state index contributed by atoms with van der Waals surface area (Å²) in [5.74, 6) is 0.240. The Morgan fingerprint density at radius 3 is 2.30 bits per heavy atom. The number of carbonyl (C=O) groups excluding carboxylic acids is 1. The number of hydrogen-bond donors (Lipinski definition) is 2. The Morgan fingerprint density at radius 1 is 0.909 bits per heavy atom. The van der Waals surface area contributed by atoms with Gasteiger partial charge in [0.05, 0.1) is 5.56 Å². The number of carbonyl (C=O) groups is 2. The van der Waals surface area contributed by atoms with Gasteiger partial charge in [-0.3, -0.25) is 0 Å². The first-order valence-electron chi connectivity index (χ1n) is 17.1. The highest BCUT2D eigenvalue weighted by Gasteiger charge is 2.69. The van der Waals surface area contributed by atoms with Crippen molar-refractivity contribution in [2.45, 2.75) is 131 Å². The topological polar surface area (TPSA) is 75.6 Å². The molecular weight excluding hydrogens is 553 g/mol. The number of rotatable bonds is 3. The van der Waals surface area contributed by atoms with Crippen molar-refractivity contribution in [1.29, 1.82) is 0 Å². The number of aromatic carboxylic acids is 1. The van der Waals surface area contributed by atoms with Gasteiger partial charge in [0.2, 0.25) is 0 Å². The summed E-state index contributed by atoms with van der Waals surface area (Å²) in [4.78, 5) is 24.5. The van der Waals surface area contributed by atoms with Crippen LogP contribution in [0.3, 0.4) is 0 Å². The molecule has 4 saturated carbocycles. The molecule has 2 N–H and O–H groups in total. The molecule has 1 aromatic carbocycles. The molecule has 0 spiro atoms. The number of amides is 1. The number of nitrogens with one attached hydrogen (secondary N) is 1. The molecule has 44 heavy (non-hydrogen) atoms. The molecule has 0 bridgehead atoms. The second-order valence-electron chi connectivity index (χ2n) is 17.5. The number of fused-ring (bicyclic) bond motifs is 7. The number of alkyl carbamates (subject to hydrolysis) is 1. The van der Waals surface area contributed by atoms with Crippen molar-refractivity contribution in [2.24, 2.45) is 45.3 Å². The summed E-state index contributed by atoms with van der Waals surface area (Å²) in [6.45, 7) is 18.2. The molecule has 0 aromatic heterocycles. The maximum atomic E-state index is 14.8. The molecule has 0 saturated heterocycles. The molecule has 0 heterocycles. The lowest BCUT2D eigenvalue weighted by molar-refractivity contribution is -0.216. The second-order valence-corrected chi connectivity index (χ2v) is 17.5. The molecule has 0 radical (unpaired) electrons. The third kappa shape index (κ3) is 4.50. The average molecular weight is 608 g/mol. The van der Waals surface area contributed by atoms with Gasteiger partial charge < -0.3 is 15.2 Å². The number of halogens is 1. The third-order valence-corrected chi connectivity index (χ3v) is 14.2. The highest BCUT2D eigenvalue weighted by Crippen LogP contribution is 2.76. The molecular formula is C38H54FNO4. The minimum absolute atomic E-state index is 0.131. The van der Waals surface area contributed by atoms with Crippen LogP contribution in [0.25, 0.3) is 5.57 Å². The van der Waals surface area contributed by atoms with Crippen molar-refractivity contribution < 1.29 is 23.8 Å². The summed E-state index contributed by atoms with van der Waals surface area (Å²) >= 11 is 0. The summed E-state index contributed by atoms with van der Waals surface area (Å²) < 4.78 is 20.6. The van der Waals surface area contributed by atoms with E-state index < -0.39 is 17.4 Å². The van der Waals surface area contributed by atoms with Crippen molar-refractivity contribution in [3.05, 3.63) is 41.2 Å². The molecule has 6 rings (SSSR count). The molecule has 4 fully saturated rings. The Kier molecular flexibility index (Phi) is 7.23. The summed E-state index contributed by atoms with van der Waals surface area (Å²) in [6, 6.07) is 4.64. The fraction of sp³-hybridized carbons (Fsp3) is 0.737. The van der Waals surface area contributed by atoms with Gasteiger partial charge in [-0.05, 0) is 147 Å². The van der Waals surface area contributed by atoms with Crippen LogP contribution < -0.4 is 5.32 Å². The smallest absolute Gasteiger partial charge is 0.408 e. The fourth-order valence-electron chi connectivity index (χ4n) is 12.2. The molecule has 2 unspecified atom stereocenters. The van der Waals surface area contributed by atoms with Crippen molar-refractivity contribution in [2.75, 3.05) is 0 Å². The lowest BCUT2D eigenvalue weighted by atomic mass is 9.33. The standard InChI is InChI=1S/C38H54FNO4/c1-33(2,3)44-32(43)40-38-17-9-10-27(38)26-13-14-30-35(6)18-15-25(23-11-12-24(31(41)42)28(39)22-23)34(4,5)29(35)16-19-37(30,8)36(26,7)20-21-38/h11-12,15,22,26-27,29-30H,9-10,13-14,16-21H2,1-8H3,(H,40,43)(H,41,42)/t26-,27-,29?,30?,35+,36-,37-,38+/m1/s1. The van der Waals surface area contributed by atoms with Crippen LogP contribution in [0.5, 0.6) is 0 Å². The molecule has 5 aliphatic carbocycles. The number of ether oxygens (including phenoxy) is 1. The monoisotopic (exact) mass is 607 g/mol. The largest absolute Gasteiger partial charge is 0.478 e. The van der Waals surface area contributed by atoms with E-state index in [1.165, 1.54) is 44.2 Å². The summed E-state index contributed by atoms with van der Waals surface area (Å²) in [5.41, 5.74) is 1.43. The van der Waals surface area contributed by atoms with Gasteiger partial charge in [-0.25, -0.2) is 14.0 Å². The molecule has 6 heteroatoms. The molecule has 8 atom stereocenters. The Morgan fingerprint density at radius 2 is 1.64 bits per heavy atom. The van der Waals surface area contributed by atoms with Gasteiger partial charge in [-0.1, -0.05) is 53.2 Å². The maximum absolute atomic E-state index is 14.8. The Hall–Kier alpha value is -2.37. The zero-order chi connectivity index (χ0) is 32.1. The van der Waals surface area contributed by atoms with Crippen LogP contribution in [0.15, 0.2) is 24.3 Å². The average Bonchev–Trinajstić information content (AvgIpc) is 3.31. The zero-order valence-corrected chi connectivity index (χ0v) is 28.2. The van der Waals surface area contributed by atoms with Crippen LogP contribution >= 0.6 is 0 Å². The molecule has 0 aliphatic heterocycles. The van der Waals surface area contributed by atoms with Crippen LogP contribution in [-0.2, 0) is 4.74 Å². The Balaban J connectivity index is 1.30. The van der Waals surface area contributed by atoms with Crippen molar-refractivity contribution in [3.8, 4) is 0 Å². The van der Waals surface area contributed by atoms with Gasteiger partial charge in [-0.15, -0.1) is 0 Å². The van der Waals surface area contributed by atoms with Crippen molar-refractivity contribution >= 4 is 17.6 Å². The van der Waals surface area contributed by atoms with Gasteiger partial charge in [0.25, 0.3) is 0 Å². The van der Waals surface area contributed by atoms with Gasteiger partial charge >= 0.3 is 12.1 Å². The Bertz CT molecular complexity index is 1390. The first kappa shape index (κ1) is 31.6. The quantitative estimate of drug-likeness (QED) is 0.359. The molecule has 5 aliphatic rings. The Labute approximate surface area is 263 Å². The highest BCUT2D eigenvalue weighted by atomic mass is 19.1. The van der Waals surface area contributed by atoms with Crippen molar-refractivity contribution in [3.63, 3.8) is 0 Å². The van der Waals surface area contributed by atoms with E-state index in [1.54, 1.807) is 6.07 Å². The molecule has 5 nitrogen and oxygen atoms in total. The highest BCUT2D eigenvalue weighted by molar-refractivity contribution is 5.88. The first-order valence-corrected chi connectivity index (χ1v) is 17.1. The van der Waals surface area contributed by atoms with E-state index in [0.29, 0.717) is 23.7 Å². The normalized spacial score (nSPS) is 40.9. The van der Waals surface area contributed by atoms with Gasteiger partial charge in [0.1, 0.15) is 11.4 Å². The first-order chi connectivity index (χ1) is 20.4. The van der Waals surface area contributed by atoms with Crippen LogP contribution in [-0.4, -0.2) is 28.3 Å². The minimum Gasteiger partial charge on any atom is -0.478 e. The lowest BCUT2D eigenvalue weighted by Crippen LogP contribution is -2.67. The lowest BCUT2D eigenvalue weighted by Gasteiger charge is -2.72. The van der Waals surface area contributed by atoms with E-state index >= 15 is 0 Å². The van der Waals surface area contributed by atoms with Crippen LogP contribution in [0.1, 0.15) is 136 Å². The minimum atomic E-state index is -1.23. The van der Waals surface area contributed by atoms with E-state index in [-0.39, 0.29) is 38.9 Å².